The van der Waals surface area contributed by atoms with Crippen LogP contribution < -0.4 is 0 Å². The van der Waals surface area contributed by atoms with E-state index in [1.165, 1.54) is 56.9 Å². The molecule has 1 saturated heterocycles. The average molecular weight is 549 g/mol. The highest BCUT2D eigenvalue weighted by Crippen LogP contribution is 2.67. The first-order valence-corrected chi connectivity index (χ1v) is 16.1. The van der Waals surface area contributed by atoms with Crippen molar-refractivity contribution < 1.29 is 29.9 Å². The van der Waals surface area contributed by atoms with E-state index >= 15 is 0 Å². The van der Waals surface area contributed by atoms with E-state index in [0.29, 0.717) is 5.41 Å². The first kappa shape index (κ1) is 30.0. The minimum Gasteiger partial charge on any atom is -0.394 e. The van der Waals surface area contributed by atoms with Crippen molar-refractivity contribution in [3.8, 4) is 0 Å². The minimum atomic E-state index is -1.39. The predicted molar refractivity (Wildman–Crippen MR) is 152 cm³/mol. The van der Waals surface area contributed by atoms with Crippen molar-refractivity contribution in [3.63, 3.8) is 0 Å². The first-order chi connectivity index (χ1) is 18.5. The Morgan fingerprint density at radius 1 is 0.949 bits per heavy atom. The Balaban J connectivity index is 1.24. The molecular weight excluding hydrogens is 492 g/mol. The van der Waals surface area contributed by atoms with Gasteiger partial charge in [-0.3, -0.25) is 0 Å². The van der Waals surface area contributed by atoms with E-state index in [9.17, 15) is 20.4 Å². The lowest BCUT2D eigenvalue weighted by molar-refractivity contribution is -0.313. The monoisotopic (exact) mass is 548 g/mol. The predicted octanol–water partition coefficient (Wildman–Crippen LogP) is 5.21. The van der Waals surface area contributed by atoms with Crippen LogP contribution >= 0.6 is 0 Å². The molecule has 0 bridgehead atoms. The van der Waals surface area contributed by atoms with E-state index in [1.807, 2.05) is 0 Å². The van der Waals surface area contributed by atoms with E-state index in [4.69, 9.17) is 9.47 Å². The van der Waals surface area contributed by atoms with E-state index < -0.39 is 37.3 Å². The molecule has 0 aromatic heterocycles. The number of allylic oxidation sites excluding steroid dienone is 1. The largest absolute Gasteiger partial charge is 0.394 e. The van der Waals surface area contributed by atoms with Gasteiger partial charge in [0.15, 0.2) is 6.29 Å². The van der Waals surface area contributed by atoms with Crippen molar-refractivity contribution in [2.24, 2.45) is 46.3 Å². The average Bonchev–Trinajstić information content (AvgIpc) is 3.26. The van der Waals surface area contributed by atoms with Crippen LogP contribution in [0.1, 0.15) is 105 Å². The van der Waals surface area contributed by atoms with Gasteiger partial charge in [0.1, 0.15) is 24.4 Å². The standard InChI is InChI=1S/C33H56O6/c1-19(2)7-6-8-20(3)24-11-12-25-23-10-9-21-17-22(13-15-32(21,4)26(23)14-16-33(24,25)5)38-31-30(37)29(36)28(35)27(18-34)39-31/h9,19-20,22-31,34-37H,6-8,10-18H2,1-5H3/t20-,22+,23+,24-,25+,26+,27+,28+,29+,30-,31+,32+,33-/m1/s1. The topological polar surface area (TPSA) is 99.4 Å². The summed E-state index contributed by atoms with van der Waals surface area (Å²) < 4.78 is 11.9. The summed E-state index contributed by atoms with van der Waals surface area (Å²) in [4.78, 5) is 0. The molecule has 5 aliphatic rings. The van der Waals surface area contributed by atoms with Crippen molar-refractivity contribution in [3.05, 3.63) is 11.6 Å². The van der Waals surface area contributed by atoms with Crippen LogP contribution in [0.5, 0.6) is 0 Å². The first-order valence-electron chi connectivity index (χ1n) is 16.1. The Morgan fingerprint density at radius 3 is 2.44 bits per heavy atom. The molecule has 1 aliphatic heterocycles. The van der Waals surface area contributed by atoms with E-state index in [-0.39, 0.29) is 11.5 Å². The molecule has 1 heterocycles. The summed E-state index contributed by atoms with van der Waals surface area (Å²) in [5.41, 5.74) is 2.20. The number of fused-ring (bicyclic) bond motifs is 5. The summed E-state index contributed by atoms with van der Waals surface area (Å²) >= 11 is 0. The third kappa shape index (κ3) is 5.41. The van der Waals surface area contributed by atoms with Gasteiger partial charge < -0.3 is 29.9 Å². The maximum Gasteiger partial charge on any atom is 0.186 e. The number of rotatable bonds is 8. The summed E-state index contributed by atoms with van der Waals surface area (Å²) in [6.45, 7) is 12.0. The van der Waals surface area contributed by atoms with Gasteiger partial charge in [-0.1, -0.05) is 65.5 Å². The van der Waals surface area contributed by atoms with Crippen LogP contribution in [0.3, 0.4) is 0 Å². The molecule has 3 saturated carbocycles. The normalized spacial score (nSPS) is 48.7. The lowest BCUT2D eigenvalue weighted by Crippen LogP contribution is -2.60. The Bertz CT molecular complexity index is 872. The Kier molecular flexibility index (Phi) is 8.95. The van der Waals surface area contributed by atoms with Gasteiger partial charge in [0.25, 0.3) is 0 Å². The van der Waals surface area contributed by atoms with Crippen LogP contribution in [0.25, 0.3) is 0 Å². The molecule has 224 valence electrons. The van der Waals surface area contributed by atoms with E-state index in [1.54, 1.807) is 0 Å². The fraction of sp³-hybridized carbons (Fsp3) is 0.939. The summed E-state index contributed by atoms with van der Waals surface area (Å²) in [5.74, 6) is 4.87. The summed E-state index contributed by atoms with van der Waals surface area (Å²) in [6, 6.07) is 0. The lowest BCUT2D eigenvalue weighted by atomic mass is 9.47. The highest BCUT2D eigenvalue weighted by Gasteiger charge is 2.59. The summed E-state index contributed by atoms with van der Waals surface area (Å²) in [5, 5.41) is 40.3. The van der Waals surface area contributed by atoms with Gasteiger partial charge in [-0.25, -0.2) is 0 Å². The highest BCUT2D eigenvalue weighted by molar-refractivity contribution is 5.25. The smallest absolute Gasteiger partial charge is 0.186 e. The zero-order valence-corrected chi connectivity index (χ0v) is 25.1. The van der Waals surface area contributed by atoms with E-state index in [2.05, 4.69) is 40.7 Å². The summed E-state index contributed by atoms with van der Waals surface area (Å²) in [7, 11) is 0. The van der Waals surface area contributed by atoms with Crippen LogP contribution in [0.4, 0.5) is 0 Å². The molecule has 39 heavy (non-hydrogen) atoms. The zero-order valence-electron chi connectivity index (χ0n) is 25.1. The third-order valence-corrected chi connectivity index (χ3v) is 12.4. The van der Waals surface area contributed by atoms with Gasteiger partial charge >= 0.3 is 0 Å². The van der Waals surface area contributed by atoms with Gasteiger partial charge in [0.2, 0.25) is 0 Å². The van der Waals surface area contributed by atoms with Gasteiger partial charge in [0, 0.05) is 0 Å². The fourth-order valence-corrected chi connectivity index (χ4v) is 10.1. The molecule has 6 nitrogen and oxygen atoms in total. The Hall–Kier alpha value is -0.500. The van der Waals surface area contributed by atoms with Crippen molar-refractivity contribution in [1.29, 1.82) is 0 Å². The van der Waals surface area contributed by atoms with Crippen molar-refractivity contribution >= 4 is 0 Å². The number of aliphatic hydroxyl groups excluding tert-OH is 4. The second-order valence-corrected chi connectivity index (χ2v) is 15.0. The molecule has 0 radical (unpaired) electrons. The van der Waals surface area contributed by atoms with Crippen LogP contribution in [0.15, 0.2) is 11.6 Å². The van der Waals surface area contributed by atoms with Gasteiger partial charge in [-0.15, -0.1) is 0 Å². The number of hydrogen-bond donors (Lipinski definition) is 4. The Labute approximate surface area is 236 Å². The van der Waals surface area contributed by atoms with E-state index in [0.717, 1.165) is 54.8 Å². The zero-order chi connectivity index (χ0) is 28.1. The minimum absolute atomic E-state index is 0.0984. The molecule has 6 heteroatoms. The van der Waals surface area contributed by atoms with Gasteiger partial charge in [-0.2, -0.15) is 0 Å². The van der Waals surface area contributed by atoms with Crippen LogP contribution in [0, 0.1) is 46.3 Å². The molecule has 4 fully saturated rings. The highest BCUT2D eigenvalue weighted by atomic mass is 16.7. The number of hydrogen-bond acceptors (Lipinski definition) is 6. The van der Waals surface area contributed by atoms with Crippen molar-refractivity contribution in [2.45, 2.75) is 142 Å². The molecule has 0 aromatic carbocycles. The molecule has 4 N–H and O–H groups in total. The molecular formula is C33H56O6. The molecule has 13 atom stereocenters. The molecule has 5 rings (SSSR count). The maximum atomic E-state index is 10.5. The number of aliphatic hydroxyl groups is 4. The lowest BCUT2D eigenvalue weighted by Gasteiger charge is -2.58. The maximum absolute atomic E-state index is 10.5. The molecule has 0 amide bonds. The molecule has 0 unspecified atom stereocenters. The second kappa shape index (κ2) is 11.6. The van der Waals surface area contributed by atoms with Crippen molar-refractivity contribution in [1.82, 2.24) is 0 Å². The van der Waals surface area contributed by atoms with Gasteiger partial charge in [-0.05, 0) is 97.7 Å². The SMILES string of the molecule is CC(C)CCC[C@@H](C)[C@H]1CC[C@H]2[C@@H]3CC=C4C[C@@H](O[C@H]5O[C@@H](CO)[C@H](O)[C@H](O)[C@H]5O)CC[C@]4(C)[C@H]3CC[C@]12C. The molecule has 4 aliphatic carbocycles. The fourth-order valence-electron chi connectivity index (χ4n) is 10.1. The van der Waals surface area contributed by atoms with Crippen LogP contribution in [0.2, 0.25) is 0 Å². The summed E-state index contributed by atoms with van der Waals surface area (Å²) in [6.07, 6.45) is 9.98. The quantitative estimate of drug-likeness (QED) is 0.311. The molecule has 0 aromatic rings. The van der Waals surface area contributed by atoms with Gasteiger partial charge in [0.05, 0.1) is 12.7 Å². The Morgan fingerprint density at radius 2 is 1.72 bits per heavy atom. The van der Waals surface area contributed by atoms with Crippen molar-refractivity contribution in [2.75, 3.05) is 6.61 Å². The van der Waals surface area contributed by atoms with Crippen LogP contribution in [-0.2, 0) is 9.47 Å². The number of ether oxygens (including phenoxy) is 2. The van der Waals surface area contributed by atoms with Crippen LogP contribution in [-0.4, -0.2) is 63.8 Å². The third-order valence-electron chi connectivity index (χ3n) is 12.4. The molecule has 0 spiro atoms. The second-order valence-electron chi connectivity index (χ2n) is 15.0.